The lowest BCUT2D eigenvalue weighted by atomic mass is 10.2. The van der Waals surface area contributed by atoms with Crippen molar-refractivity contribution in [1.82, 2.24) is 15.3 Å². The molecule has 1 aliphatic rings. The first-order valence-electron chi connectivity index (χ1n) is 7.88. The summed E-state index contributed by atoms with van der Waals surface area (Å²) in [7, 11) is -3.00. The number of sulfone groups is 1. The maximum atomic E-state index is 12.0. The van der Waals surface area contributed by atoms with Crippen molar-refractivity contribution in [3.8, 4) is 5.75 Å². The van der Waals surface area contributed by atoms with Crippen LogP contribution in [0.2, 0.25) is 0 Å². The van der Waals surface area contributed by atoms with Crippen LogP contribution in [0.4, 0.5) is 0 Å². The van der Waals surface area contributed by atoms with E-state index in [2.05, 4.69) is 15.3 Å². The van der Waals surface area contributed by atoms with Crippen molar-refractivity contribution < 1.29 is 17.9 Å². The van der Waals surface area contributed by atoms with E-state index in [9.17, 15) is 13.2 Å². The molecule has 7 nitrogen and oxygen atoms in total. The van der Waals surface area contributed by atoms with E-state index in [0.29, 0.717) is 24.5 Å². The highest BCUT2D eigenvalue weighted by Gasteiger charge is 2.28. The first-order valence-corrected chi connectivity index (χ1v) is 10.6. The number of carbonyl (C=O) groups excluding carboxylic acids is 1. The Labute approximate surface area is 150 Å². The summed E-state index contributed by atoms with van der Waals surface area (Å²) in [5, 5.41) is 5.35. The van der Waals surface area contributed by atoms with Crippen LogP contribution < -0.4 is 10.1 Å². The summed E-state index contributed by atoms with van der Waals surface area (Å²) in [5.74, 6) is 0.633. The van der Waals surface area contributed by atoms with E-state index in [1.54, 1.807) is 6.20 Å². The maximum absolute atomic E-state index is 12.0. The molecule has 0 radical (unpaired) electrons. The second-order valence-corrected chi connectivity index (χ2v) is 9.17. The van der Waals surface area contributed by atoms with Crippen molar-refractivity contribution in [3.63, 3.8) is 0 Å². The van der Waals surface area contributed by atoms with Crippen molar-refractivity contribution in [3.05, 3.63) is 40.1 Å². The van der Waals surface area contributed by atoms with Crippen LogP contribution in [0.5, 0.6) is 5.75 Å². The molecular weight excluding hydrogens is 362 g/mol. The average molecular weight is 381 g/mol. The average Bonchev–Trinajstić information content (AvgIpc) is 3.13. The number of thiazole rings is 1. The Morgan fingerprint density at radius 2 is 2.28 bits per heavy atom. The molecule has 3 rings (SSSR count). The normalized spacial score (nSPS) is 18.8. The fourth-order valence-electron chi connectivity index (χ4n) is 2.53. The zero-order valence-corrected chi connectivity index (χ0v) is 15.4. The van der Waals surface area contributed by atoms with Gasteiger partial charge in [0.25, 0.3) is 0 Å². The van der Waals surface area contributed by atoms with Gasteiger partial charge in [-0.2, -0.15) is 0 Å². The summed E-state index contributed by atoms with van der Waals surface area (Å²) in [6.07, 6.45) is 2.28. The molecule has 0 saturated carbocycles. The van der Waals surface area contributed by atoms with Crippen molar-refractivity contribution in [2.75, 3.05) is 11.5 Å². The fraction of sp³-hybridized carbons (Fsp3) is 0.438. The highest BCUT2D eigenvalue weighted by Crippen LogP contribution is 2.16. The van der Waals surface area contributed by atoms with Crippen molar-refractivity contribution in [2.24, 2.45) is 0 Å². The number of aromatic nitrogens is 2. The van der Waals surface area contributed by atoms with Gasteiger partial charge in [-0.3, -0.25) is 9.78 Å². The predicted octanol–water partition coefficient (Wildman–Crippen LogP) is 1.27. The summed E-state index contributed by atoms with van der Waals surface area (Å²) in [6.45, 7) is 2.22. The summed E-state index contributed by atoms with van der Waals surface area (Å²) >= 11 is 1.42. The third kappa shape index (κ3) is 5.23. The number of amides is 1. The van der Waals surface area contributed by atoms with Crippen LogP contribution in [0.1, 0.15) is 22.8 Å². The van der Waals surface area contributed by atoms with E-state index >= 15 is 0 Å². The quantitative estimate of drug-likeness (QED) is 0.809. The molecule has 1 atom stereocenters. The van der Waals surface area contributed by atoms with Crippen LogP contribution in [0, 0.1) is 6.92 Å². The van der Waals surface area contributed by atoms with Gasteiger partial charge in [-0.25, -0.2) is 13.4 Å². The van der Waals surface area contributed by atoms with E-state index in [1.807, 2.05) is 24.4 Å². The molecule has 0 bridgehead atoms. The van der Waals surface area contributed by atoms with Gasteiger partial charge in [-0.05, 0) is 25.5 Å². The number of hydrogen-bond donors (Lipinski definition) is 1. The molecule has 0 spiro atoms. The molecule has 3 heterocycles. The zero-order chi connectivity index (χ0) is 17.9. The van der Waals surface area contributed by atoms with Crippen molar-refractivity contribution >= 4 is 27.1 Å². The molecule has 2 aromatic rings. The predicted molar refractivity (Wildman–Crippen MR) is 94.3 cm³/mol. The number of aryl methyl sites for hydroxylation is 1. The van der Waals surface area contributed by atoms with Crippen LogP contribution in [0.3, 0.4) is 0 Å². The minimum Gasteiger partial charge on any atom is -0.485 e. The number of rotatable bonds is 6. The molecule has 134 valence electrons. The van der Waals surface area contributed by atoms with Crippen LogP contribution in [-0.2, 0) is 27.7 Å². The Kier molecular flexibility index (Phi) is 5.33. The Morgan fingerprint density at radius 1 is 1.44 bits per heavy atom. The van der Waals surface area contributed by atoms with Gasteiger partial charge >= 0.3 is 0 Å². The molecule has 0 aliphatic carbocycles. The van der Waals surface area contributed by atoms with Crippen LogP contribution >= 0.6 is 11.3 Å². The first kappa shape index (κ1) is 17.8. The molecule has 9 heteroatoms. The number of carbonyl (C=O) groups is 1. The minimum atomic E-state index is -3.00. The Balaban J connectivity index is 1.48. The van der Waals surface area contributed by atoms with Gasteiger partial charge in [0.2, 0.25) is 5.91 Å². The zero-order valence-electron chi connectivity index (χ0n) is 13.8. The summed E-state index contributed by atoms with van der Waals surface area (Å²) in [5.41, 5.74) is 1.58. The second-order valence-electron chi connectivity index (χ2n) is 6.00. The molecule has 0 aromatic carbocycles. The Bertz CT molecular complexity index is 847. The van der Waals surface area contributed by atoms with E-state index in [1.165, 1.54) is 11.3 Å². The third-order valence-electron chi connectivity index (χ3n) is 3.79. The number of ether oxygens (including phenoxy) is 1. The molecular formula is C16H19N3O4S2. The lowest BCUT2D eigenvalue weighted by Gasteiger charge is -2.09. The largest absolute Gasteiger partial charge is 0.485 e. The fourth-order valence-corrected chi connectivity index (χ4v) is 4.91. The Hall–Kier alpha value is -2.00. The van der Waals surface area contributed by atoms with E-state index in [4.69, 9.17) is 4.74 Å². The number of pyridine rings is 1. The van der Waals surface area contributed by atoms with Gasteiger partial charge in [0.15, 0.2) is 9.84 Å². The molecule has 1 aliphatic heterocycles. The van der Waals surface area contributed by atoms with Gasteiger partial charge in [0, 0.05) is 17.1 Å². The molecule has 1 N–H and O–H groups in total. The van der Waals surface area contributed by atoms with E-state index in [0.717, 1.165) is 10.7 Å². The Morgan fingerprint density at radius 3 is 2.96 bits per heavy atom. The van der Waals surface area contributed by atoms with Crippen molar-refractivity contribution in [1.29, 1.82) is 0 Å². The first-order chi connectivity index (χ1) is 11.9. The van der Waals surface area contributed by atoms with Gasteiger partial charge in [-0.15, -0.1) is 11.3 Å². The lowest BCUT2D eigenvalue weighted by molar-refractivity contribution is -0.121. The molecule has 1 saturated heterocycles. The topological polar surface area (TPSA) is 98.2 Å². The maximum Gasteiger partial charge on any atom is 0.226 e. The van der Waals surface area contributed by atoms with Crippen molar-refractivity contribution in [2.45, 2.75) is 32.4 Å². The molecule has 1 fully saturated rings. The number of nitrogens with one attached hydrogen (secondary N) is 1. The smallest absolute Gasteiger partial charge is 0.226 e. The standard InChI is InChI=1S/C16H19N3O4S2/c1-11-2-3-14(7-17-11)23-8-16-19-13(9-24-16)6-15(20)18-12-4-5-25(21,22)10-12/h2-3,7,9,12H,4-6,8,10H2,1H3,(H,18,20). The van der Waals surface area contributed by atoms with Gasteiger partial charge in [0.05, 0.1) is 29.8 Å². The van der Waals surface area contributed by atoms with Gasteiger partial charge < -0.3 is 10.1 Å². The molecule has 2 aromatic heterocycles. The van der Waals surface area contributed by atoms with E-state index < -0.39 is 9.84 Å². The highest BCUT2D eigenvalue weighted by molar-refractivity contribution is 7.91. The lowest BCUT2D eigenvalue weighted by Crippen LogP contribution is -2.36. The summed E-state index contributed by atoms with van der Waals surface area (Å²) in [4.78, 5) is 20.6. The van der Waals surface area contributed by atoms with Crippen LogP contribution in [0.15, 0.2) is 23.7 Å². The highest BCUT2D eigenvalue weighted by atomic mass is 32.2. The minimum absolute atomic E-state index is 0.0273. The van der Waals surface area contributed by atoms with Gasteiger partial charge in [0.1, 0.15) is 17.4 Å². The van der Waals surface area contributed by atoms with Crippen LogP contribution in [0.25, 0.3) is 0 Å². The second kappa shape index (κ2) is 7.49. The van der Waals surface area contributed by atoms with E-state index in [-0.39, 0.29) is 29.9 Å². The summed E-state index contributed by atoms with van der Waals surface area (Å²) < 4.78 is 28.4. The number of nitrogens with zero attached hydrogens (tertiary/aromatic N) is 2. The van der Waals surface area contributed by atoms with Crippen LogP contribution in [-0.4, -0.2) is 41.8 Å². The monoisotopic (exact) mass is 381 g/mol. The SMILES string of the molecule is Cc1ccc(OCc2nc(CC(=O)NC3CCS(=O)(=O)C3)cs2)cn1. The third-order valence-corrected chi connectivity index (χ3v) is 6.42. The molecule has 1 amide bonds. The summed E-state index contributed by atoms with van der Waals surface area (Å²) in [6, 6.07) is 3.43. The number of hydrogen-bond acceptors (Lipinski definition) is 7. The molecule has 25 heavy (non-hydrogen) atoms. The molecule has 1 unspecified atom stereocenters. The van der Waals surface area contributed by atoms with Gasteiger partial charge in [-0.1, -0.05) is 0 Å².